The Hall–Kier alpha value is -1.59. The second kappa shape index (κ2) is 8.31. The molecule has 0 spiro atoms. The van der Waals surface area contributed by atoms with Gasteiger partial charge in [0.25, 0.3) is 0 Å². The Balaban J connectivity index is 2.05. The highest BCUT2D eigenvalue weighted by Gasteiger charge is 2.09. The molecule has 1 N–H and O–H groups in total. The molecule has 0 aliphatic carbocycles. The summed E-state index contributed by atoms with van der Waals surface area (Å²) < 4.78 is 28.9. The van der Waals surface area contributed by atoms with E-state index in [2.05, 4.69) is 4.74 Å². The molecule has 0 atom stereocenters. The van der Waals surface area contributed by atoms with Crippen LogP contribution in [0, 0.1) is 5.41 Å². The predicted molar refractivity (Wildman–Crippen MR) is 91.4 cm³/mol. The smallest absolute Gasteiger partial charge is 0.387 e. The Kier molecular flexibility index (Phi) is 6.42. The molecular formula is C17H16ClF2NOS. The predicted octanol–water partition coefficient (Wildman–Crippen LogP) is 5.47. The number of alkyl halides is 2. The van der Waals surface area contributed by atoms with E-state index in [9.17, 15) is 8.78 Å². The standard InChI is InChI=1S/C17H16ClF2NOS/c1-23-15-5-6-16(18)12(10-15)9-13(21)7-11-3-2-4-14(8-11)22-17(19)20/h2-6,8,10,17,21H,7,9H2,1H3. The molecule has 23 heavy (non-hydrogen) atoms. The van der Waals surface area contributed by atoms with Crippen LogP contribution in [0.3, 0.4) is 0 Å². The summed E-state index contributed by atoms with van der Waals surface area (Å²) >= 11 is 7.79. The van der Waals surface area contributed by atoms with Crippen LogP contribution in [0.5, 0.6) is 5.75 Å². The van der Waals surface area contributed by atoms with Crippen molar-refractivity contribution in [2.45, 2.75) is 24.3 Å². The Bertz CT molecular complexity index is 694. The maximum absolute atomic E-state index is 12.2. The molecule has 0 radical (unpaired) electrons. The van der Waals surface area contributed by atoms with Crippen molar-refractivity contribution in [1.82, 2.24) is 0 Å². The van der Waals surface area contributed by atoms with E-state index >= 15 is 0 Å². The maximum Gasteiger partial charge on any atom is 0.387 e. The van der Waals surface area contributed by atoms with E-state index in [0.717, 1.165) is 16.0 Å². The molecule has 2 aromatic carbocycles. The maximum atomic E-state index is 12.2. The van der Waals surface area contributed by atoms with Gasteiger partial charge in [0, 0.05) is 28.5 Å². The van der Waals surface area contributed by atoms with Crippen LogP contribution in [0.25, 0.3) is 0 Å². The van der Waals surface area contributed by atoms with Crippen LogP contribution >= 0.6 is 23.4 Å². The van der Waals surface area contributed by atoms with Gasteiger partial charge in [-0.2, -0.15) is 8.78 Å². The molecule has 0 aliphatic rings. The minimum atomic E-state index is -2.85. The van der Waals surface area contributed by atoms with Crippen molar-refractivity contribution in [1.29, 1.82) is 5.41 Å². The first-order valence-corrected chi connectivity index (χ1v) is 8.50. The fourth-order valence-electron chi connectivity index (χ4n) is 2.18. The summed E-state index contributed by atoms with van der Waals surface area (Å²) in [5.74, 6) is 0.104. The summed E-state index contributed by atoms with van der Waals surface area (Å²) in [4.78, 5) is 1.09. The van der Waals surface area contributed by atoms with E-state index < -0.39 is 6.61 Å². The highest BCUT2D eigenvalue weighted by Crippen LogP contribution is 2.24. The van der Waals surface area contributed by atoms with Gasteiger partial charge >= 0.3 is 6.61 Å². The number of nitrogens with one attached hydrogen (secondary N) is 1. The number of halogens is 3. The van der Waals surface area contributed by atoms with E-state index in [1.807, 2.05) is 24.5 Å². The normalized spacial score (nSPS) is 10.8. The number of hydrogen-bond donors (Lipinski definition) is 1. The van der Waals surface area contributed by atoms with Crippen LogP contribution in [-0.2, 0) is 12.8 Å². The fraction of sp³-hybridized carbons (Fsp3) is 0.235. The molecule has 0 saturated heterocycles. The summed E-state index contributed by atoms with van der Waals surface area (Å²) in [5.41, 5.74) is 2.10. The molecule has 0 amide bonds. The number of benzene rings is 2. The highest BCUT2D eigenvalue weighted by molar-refractivity contribution is 7.98. The lowest BCUT2D eigenvalue weighted by atomic mass is 10.0. The fourth-order valence-corrected chi connectivity index (χ4v) is 2.83. The molecule has 0 saturated carbocycles. The summed E-state index contributed by atoms with van der Waals surface area (Å²) in [7, 11) is 0. The zero-order chi connectivity index (χ0) is 16.8. The first-order valence-electron chi connectivity index (χ1n) is 6.90. The van der Waals surface area contributed by atoms with Crippen molar-refractivity contribution < 1.29 is 13.5 Å². The summed E-state index contributed by atoms with van der Waals surface area (Å²) in [6.07, 6.45) is 2.76. The molecule has 122 valence electrons. The Labute approximate surface area is 143 Å². The van der Waals surface area contributed by atoms with Gasteiger partial charge in [-0.05, 0) is 47.7 Å². The van der Waals surface area contributed by atoms with E-state index in [0.29, 0.717) is 23.6 Å². The average molecular weight is 356 g/mol. The molecule has 0 fully saturated rings. The second-order valence-corrected chi connectivity index (χ2v) is 6.23. The summed E-state index contributed by atoms with van der Waals surface area (Å²) in [6, 6.07) is 12.2. The van der Waals surface area contributed by atoms with Gasteiger partial charge in [0.05, 0.1) is 0 Å². The van der Waals surface area contributed by atoms with E-state index in [-0.39, 0.29) is 5.75 Å². The minimum Gasteiger partial charge on any atom is -0.435 e. The Morgan fingerprint density at radius 1 is 1.22 bits per heavy atom. The van der Waals surface area contributed by atoms with Crippen LogP contribution in [0.1, 0.15) is 11.1 Å². The van der Waals surface area contributed by atoms with E-state index in [1.165, 1.54) is 12.1 Å². The van der Waals surface area contributed by atoms with Crippen molar-refractivity contribution in [3.8, 4) is 5.75 Å². The Morgan fingerprint density at radius 3 is 2.70 bits per heavy atom. The number of hydrogen-bond acceptors (Lipinski definition) is 3. The molecule has 2 nitrogen and oxygen atoms in total. The molecule has 6 heteroatoms. The summed E-state index contributed by atoms with van der Waals surface area (Å²) in [5, 5.41) is 8.77. The molecule has 0 aromatic heterocycles. The lowest BCUT2D eigenvalue weighted by molar-refractivity contribution is -0.0498. The molecular weight excluding hydrogens is 340 g/mol. The van der Waals surface area contributed by atoms with Gasteiger partial charge in [0.1, 0.15) is 5.75 Å². The van der Waals surface area contributed by atoms with Crippen molar-refractivity contribution >= 4 is 29.1 Å². The van der Waals surface area contributed by atoms with Crippen molar-refractivity contribution in [3.63, 3.8) is 0 Å². The summed E-state index contributed by atoms with van der Waals surface area (Å²) in [6.45, 7) is -2.85. The van der Waals surface area contributed by atoms with E-state index in [4.69, 9.17) is 17.0 Å². The van der Waals surface area contributed by atoms with Gasteiger partial charge in [0.2, 0.25) is 0 Å². The molecule has 2 aromatic rings. The van der Waals surface area contributed by atoms with Gasteiger partial charge in [-0.25, -0.2) is 0 Å². The molecule has 2 rings (SSSR count). The van der Waals surface area contributed by atoms with Crippen molar-refractivity contribution in [2.24, 2.45) is 0 Å². The van der Waals surface area contributed by atoms with Gasteiger partial charge in [0.15, 0.2) is 0 Å². The number of rotatable bonds is 7. The quantitative estimate of drug-likeness (QED) is 0.527. The first-order chi connectivity index (χ1) is 11.0. The molecule has 0 aliphatic heterocycles. The third kappa shape index (κ3) is 5.52. The Morgan fingerprint density at radius 2 is 2.00 bits per heavy atom. The lowest BCUT2D eigenvalue weighted by Gasteiger charge is -2.10. The monoisotopic (exact) mass is 355 g/mol. The third-order valence-corrected chi connectivity index (χ3v) is 4.29. The highest BCUT2D eigenvalue weighted by atomic mass is 35.5. The SMILES string of the molecule is CSc1ccc(Cl)c(CC(=N)Cc2cccc(OC(F)F)c2)c1. The van der Waals surface area contributed by atoms with E-state index in [1.54, 1.807) is 23.9 Å². The third-order valence-electron chi connectivity index (χ3n) is 3.20. The van der Waals surface area contributed by atoms with Crippen LogP contribution < -0.4 is 4.74 Å². The van der Waals surface area contributed by atoms with Crippen molar-refractivity contribution in [2.75, 3.05) is 6.26 Å². The topological polar surface area (TPSA) is 33.1 Å². The molecule has 0 bridgehead atoms. The minimum absolute atomic E-state index is 0.104. The van der Waals surface area contributed by atoms with Gasteiger partial charge in [-0.1, -0.05) is 23.7 Å². The van der Waals surface area contributed by atoms with Gasteiger partial charge in [-0.3, -0.25) is 0 Å². The first kappa shape index (κ1) is 17.8. The molecule has 0 unspecified atom stereocenters. The van der Waals surface area contributed by atoms with Crippen LogP contribution in [0.15, 0.2) is 47.4 Å². The number of ether oxygens (including phenoxy) is 1. The zero-order valence-corrected chi connectivity index (χ0v) is 14.1. The molecule has 0 heterocycles. The second-order valence-electron chi connectivity index (χ2n) is 4.94. The number of thioether (sulfide) groups is 1. The zero-order valence-electron chi connectivity index (χ0n) is 12.5. The van der Waals surface area contributed by atoms with Crippen LogP contribution in [0.4, 0.5) is 8.78 Å². The van der Waals surface area contributed by atoms with Crippen LogP contribution in [-0.4, -0.2) is 18.6 Å². The lowest BCUT2D eigenvalue weighted by Crippen LogP contribution is -2.07. The average Bonchev–Trinajstić information content (AvgIpc) is 2.49. The van der Waals surface area contributed by atoms with Crippen molar-refractivity contribution in [3.05, 3.63) is 58.6 Å². The van der Waals surface area contributed by atoms with Gasteiger partial charge < -0.3 is 10.1 Å². The largest absolute Gasteiger partial charge is 0.435 e. The van der Waals surface area contributed by atoms with Crippen LogP contribution in [0.2, 0.25) is 5.02 Å². The van der Waals surface area contributed by atoms with Gasteiger partial charge in [-0.15, -0.1) is 11.8 Å².